The molecule has 1 N–H and O–H groups in total. The summed E-state index contributed by atoms with van der Waals surface area (Å²) in [7, 11) is 0. The summed E-state index contributed by atoms with van der Waals surface area (Å²) >= 11 is 6.10. The molecule has 2 heterocycles. The van der Waals surface area contributed by atoms with Gasteiger partial charge in [0.15, 0.2) is 5.60 Å². The van der Waals surface area contributed by atoms with Gasteiger partial charge in [0.2, 0.25) is 5.91 Å². The molecule has 3 amide bonds. The summed E-state index contributed by atoms with van der Waals surface area (Å²) in [5.41, 5.74) is -0.445. The van der Waals surface area contributed by atoms with Crippen LogP contribution in [-0.2, 0) is 14.3 Å². The van der Waals surface area contributed by atoms with Gasteiger partial charge in [-0.1, -0.05) is 11.6 Å². The molecule has 0 saturated carbocycles. The normalized spacial score (nSPS) is 18.5. The molecule has 8 nitrogen and oxygen atoms in total. The van der Waals surface area contributed by atoms with Crippen molar-refractivity contribution in [2.45, 2.75) is 51.7 Å². The van der Waals surface area contributed by atoms with Gasteiger partial charge in [0.05, 0.1) is 12.3 Å². The zero-order valence-corrected chi connectivity index (χ0v) is 18.3. The van der Waals surface area contributed by atoms with Crippen LogP contribution in [-0.4, -0.2) is 60.7 Å². The van der Waals surface area contributed by atoms with E-state index in [9.17, 15) is 14.4 Å². The van der Waals surface area contributed by atoms with E-state index in [0.717, 1.165) is 0 Å². The van der Waals surface area contributed by atoms with Gasteiger partial charge < -0.3 is 24.6 Å². The second kappa shape index (κ2) is 9.12. The molecule has 9 heteroatoms. The Labute approximate surface area is 181 Å². The Morgan fingerprint density at radius 3 is 2.67 bits per heavy atom. The number of ether oxygens (including phenoxy) is 2. The monoisotopic (exact) mass is 437 g/mol. The highest BCUT2D eigenvalue weighted by atomic mass is 35.5. The van der Waals surface area contributed by atoms with E-state index in [4.69, 9.17) is 21.1 Å². The summed E-state index contributed by atoms with van der Waals surface area (Å²) < 4.78 is 10.8. The number of anilines is 1. The third kappa shape index (κ3) is 4.98. The number of hydrogen-bond donors (Lipinski definition) is 1. The Balaban J connectivity index is 1.55. The molecule has 0 spiro atoms. The lowest BCUT2D eigenvalue weighted by atomic mass is 10.0. The van der Waals surface area contributed by atoms with Crippen LogP contribution in [0.5, 0.6) is 5.75 Å². The van der Waals surface area contributed by atoms with Crippen LogP contribution in [0.3, 0.4) is 0 Å². The van der Waals surface area contributed by atoms with Crippen molar-refractivity contribution in [2.75, 3.05) is 31.1 Å². The molecule has 164 valence electrons. The summed E-state index contributed by atoms with van der Waals surface area (Å²) in [6, 6.07) is 5.12. The van der Waals surface area contributed by atoms with Crippen LogP contribution in [0.15, 0.2) is 18.2 Å². The quantitative estimate of drug-likeness (QED) is 0.765. The Hall–Kier alpha value is -2.48. The number of rotatable bonds is 5. The minimum atomic E-state index is -1.02. The fourth-order valence-corrected chi connectivity index (χ4v) is 3.86. The van der Waals surface area contributed by atoms with Crippen LogP contribution in [0.25, 0.3) is 0 Å². The van der Waals surface area contributed by atoms with Gasteiger partial charge in [0.25, 0.3) is 5.91 Å². The number of likely N-dealkylation sites (tertiary alicyclic amines) is 1. The van der Waals surface area contributed by atoms with Gasteiger partial charge >= 0.3 is 6.09 Å². The number of nitrogens with one attached hydrogen (secondary N) is 1. The van der Waals surface area contributed by atoms with Crippen molar-refractivity contribution in [1.29, 1.82) is 0 Å². The zero-order valence-electron chi connectivity index (χ0n) is 17.6. The molecule has 1 aromatic carbocycles. The smallest absolute Gasteiger partial charge is 0.409 e. The molecule has 1 aromatic rings. The molecule has 30 heavy (non-hydrogen) atoms. The lowest BCUT2D eigenvalue weighted by Crippen LogP contribution is -2.53. The SMILES string of the molecule is CCOC(=O)N1CCC(NC(=O)CCN2C(=O)C(C)(C)Oc3ccc(Cl)cc32)CC1. The first-order valence-corrected chi connectivity index (χ1v) is 10.6. The minimum absolute atomic E-state index is 0.00161. The number of amides is 3. The highest BCUT2D eigenvalue weighted by Gasteiger charge is 2.41. The van der Waals surface area contributed by atoms with Crippen molar-refractivity contribution < 1.29 is 23.9 Å². The number of halogens is 1. The average molecular weight is 438 g/mol. The van der Waals surface area contributed by atoms with Crippen LogP contribution in [0, 0.1) is 0 Å². The zero-order chi connectivity index (χ0) is 21.9. The van der Waals surface area contributed by atoms with Crippen LogP contribution < -0.4 is 15.0 Å². The fourth-order valence-electron chi connectivity index (χ4n) is 3.70. The number of carbonyl (C=O) groups is 3. The molecule has 3 rings (SSSR count). The van der Waals surface area contributed by atoms with E-state index in [0.29, 0.717) is 49.0 Å². The van der Waals surface area contributed by atoms with Crippen molar-refractivity contribution in [2.24, 2.45) is 0 Å². The predicted molar refractivity (Wildman–Crippen MR) is 113 cm³/mol. The summed E-state index contributed by atoms with van der Waals surface area (Å²) in [5, 5.41) is 3.50. The first kappa shape index (κ1) is 22.2. The molecule has 0 unspecified atom stereocenters. The van der Waals surface area contributed by atoms with Gasteiger partial charge in [-0.3, -0.25) is 9.59 Å². The highest BCUT2D eigenvalue weighted by molar-refractivity contribution is 6.31. The van der Waals surface area contributed by atoms with Crippen LogP contribution in [0.1, 0.15) is 40.0 Å². The van der Waals surface area contributed by atoms with Crippen molar-refractivity contribution in [3.05, 3.63) is 23.2 Å². The highest BCUT2D eigenvalue weighted by Crippen LogP contribution is 2.39. The Kier molecular flexibility index (Phi) is 6.75. The third-order valence-corrected chi connectivity index (χ3v) is 5.52. The fraction of sp³-hybridized carbons (Fsp3) is 0.571. The predicted octanol–water partition coefficient (Wildman–Crippen LogP) is 2.97. The molecular formula is C21H28ClN3O5. The van der Waals surface area contributed by atoms with Gasteiger partial charge in [-0.2, -0.15) is 0 Å². The van der Waals surface area contributed by atoms with Gasteiger partial charge in [0.1, 0.15) is 5.75 Å². The molecule has 0 radical (unpaired) electrons. The van der Waals surface area contributed by atoms with E-state index >= 15 is 0 Å². The van der Waals surface area contributed by atoms with Gasteiger partial charge in [-0.05, 0) is 51.8 Å². The number of benzene rings is 1. The van der Waals surface area contributed by atoms with Gasteiger partial charge in [-0.15, -0.1) is 0 Å². The van der Waals surface area contributed by atoms with Crippen LogP contribution >= 0.6 is 11.6 Å². The second-order valence-electron chi connectivity index (χ2n) is 7.96. The van der Waals surface area contributed by atoms with Crippen LogP contribution in [0.4, 0.5) is 10.5 Å². The number of fused-ring (bicyclic) bond motifs is 1. The maximum atomic E-state index is 12.9. The molecule has 0 aromatic heterocycles. The molecule has 2 aliphatic heterocycles. The maximum Gasteiger partial charge on any atom is 0.409 e. The standard InChI is InChI=1S/C21H28ClN3O5/c1-4-29-20(28)24-10-7-15(8-11-24)23-18(26)9-12-25-16-13-14(22)5-6-17(16)30-21(2,3)19(25)27/h5-6,13,15H,4,7-12H2,1-3H3,(H,23,26). The van der Waals surface area contributed by atoms with Gasteiger partial charge in [-0.25, -0.2) is 4.79 Å². The van der Waals surface area contributed by atoms with Gasteiger partial charge in [0, 0.05) is 37.1 Å². The summed E-state index contributed by atoms with van der Waals surface area (Å²) in [6.07, 6.45) is 1.19. The minimum Gasteiger partial charge on any atom is -0.476 e. The lowest BCUT2D eigenvalue weighted by Gasteiger charge is -2.39. The van der Waals surface area contributed by atoms with E-state index in [1.54, 1.807) is 48.8 Å². The number of nitrogens with zero attached hydrogens (tertiary/aromatic N) is 2. The Bertz CT molecular complexity index is 821. The molecule has 1 saturated heterocycles. The van der Waals surface area contributed by atoms with E-state index < -0.39 is 5.60 Å². The molecular weight excluding hydrogens is 410 g/mol. The van der Waals surface area contributed by atoms with E-state index in [-0.39, 0.29) is 36.9 Å². The van der Waals surface area contributed by atoms with E-state index in [2.05, 4.69) is 5.32 Å². The molecule has 2 aliphatic rings. The van der Waals surface area contributed by atoms with Crippen molar-refractivity contribution in [1.82, 2.24) is 10.2 Å². The van der Waals surface area contributed by atoms with E-state index in [1.807, 2.05) is 0 Å². The number of carbonyl (C=O) groups excluding carboxylic acids is 3. The Morgan fingerprint density at radius 1 is 1.30 bits per heavy atom. The Morgan fingerprint density at radius 2 is 2.00 bits per heavy atom. The van der Waals surface area contributed by atoms with Crippen LogP contribution in [0.2, 0.25) is 5.02 Å². The summed E-state index contributed by atoms with van der Waals surface area (Å²) in [5.74, 6) is 0.216. The second-order valence-corrected chi connectivity index (χ2v) is 8.40. The molecule has 0 bridgehead atoms. The lowest BCUT2D eigenvalue weighted by molar-refractivity contribution is -0.132. The van der Waals surface area contributed by atoms with Crippen molar-refractivity contribution in [3.63, 3.8) is 0 Å². The molecule has 0 atom stereocenters. The van der Waals surface area contributed by atoms with Crippen molar-refractivity contribution >= 4 is 35.2 Å². The molecule has 1 fully saturated rings. The first-order valence-electron chi connectivity index (χ1n) is 10.2. The number of hydrogen-bond acceptors (Lipinski definition) is 5. The van der Waals surface area contributed by atoms with Crippen molar-refractivity contribution in [3.8, 4) is 5.75 Å². The topological polar surface area (TPSA) is 88.2 Å². The first-order chi connectivity index (χ1) is 14.2. The van der Waals surface area contributed by atoms with E-state index in [1.165, 1.54) is 0 Å². The largest absolute Gasteiger partial charge is 0.476 e. The summed E-state index contributed by atoms with van der Waals surface area (Å²) in [6.45, 7) is 6.86. The summed E-state index contributed by atoms with van der Waals surface area (Å²) in [4.78, 5) is 40.3. The third-order valence-electron chi connectivity index (χ3n) is 5.29. The average Bonchev–Trinajstić information content (AvgIpc) is 2.69. The maximum absolute atomic E-state index is 12.9. The number of piperidine rings is 1. The molecule has 0 aliphatic carbocycles.